The van der Waals surface area contributed by atoms with E-state index in [1.54, 1.807) is 24.3 Å². The van der Waals surface area contributed by atoms with E-state index in [4.69, 9.17) is 5.26 Å². The lowest BCUT2D eigenvalue weighted by atomic mass is 9.76. The zero-order valence-corrected chi connectivity index (χ0v) is 13.7. The Morgan fingerprint density at radius 1 is 1.12 bits per heavy atom. The van der Waals surface area contributed by atoms with Gasteiger partial charge in [-0.25, -0.2) is 4.79 Å². The smallest absolute Gasteiger partial charge is 0.319 e. The molecule has 124 valence electrons. The van der Waals surface area contributed by atoms with Gasteiger partial charge in [0.1, 0.15) is 5.54 Å². The lowest BCUT2D eigenvalue weighted by Crippen LogP contribution is -2.46. The van der Waals surface area contributed by atoms with E-state index in [-0.39, 0.29) is 18.5 Å². The first-order chi connectivity index (χ1) is 12.1. The second kappa shape index (κ2) is 5.75. The summed E-state index contributed by atoms with van der Waals surface area (Å²) < 4.78 is 0. The minimum absolute atomic E-state index is 0.186. The number of amides is 3. The highest BCUT2D eigenvalue weighted by Crippen LogP contribution is 2.40. The van der Waals surface area contributed by atoms with E-state index >= 15 is 0 Å². The first-order valence-electron chi connectivity index (χ1n) is 8.35. The summed E-state index contributed by atoms with van der Waals surface area (Å²) in [7, 11) is 0. The topological polar surface area (TPSA) is 73.2 Å². The van der Waals surface area contributed by atoms with Gasteiger partial charge in [0.15, 0.2) is 0 Å². The standard InChI is InChI=1S/C20H17N3O2/c21-12-14-7-9-15(10-8-14)13-23-18(24)20(22-19(23)25)11-3-5-16-4-1-2-6-17(16)20/h1-2,4,6-10H,3,5,11,13H2,(H,22,25)/t20-/m0/s1. The van der Waals surface area contributed by atoms with E-state index in [9.17, 15) is 9.59 Å². The average Bonchev–Trinajstić information content (AvgIpc) is 2.88. The zero-order valence-electron chi connectivity index (χ0n) is 13.7. The van der Waals surface area contributed by atoms with Crippen molar-refractivity contribution >= 4 is 11.9 Å². The van der Waals surface area contributed by atoms with Crippen molar-refractivity contribution in [2.45, 2.75) is 31.3 Å². The summed E-state index contributed by atoms with van der Waals surface area (Å²) in [5, 5.41) is 11.8. The molecule has 4 rings (SSSR count). The van der Waals surface area contributed by atoms with Crippen LogP contribution < -0.4 is 5.32 Å². The largest absolute Gasteiger partial charge is 0.325 e. The predicted molar refractivity (Wildman–Crippen MR) is 91.3 cm³/mol. The van der Waals surface area contributed by atoms with Crippen molar-refractivity contribution in [2.24, 2.45) is 0 Å². The van der Waals surface area contributed by atoms with Gasteiger partial charge >= 0.3 is 6.03 Å². The van der Waals surface area contributed by atoms with Gasteiger partial charge in [-0.15, -0.1) is 0 Å². The molecule has 1 saturated heterocycles. The van der Waals surface area contributed by atoms with Gasteiger partial charge in [0.25, 0.3) is 5.91 Å². The van der Waals surface area contributed by atoms with Crippen LogP contribution in [0.3, 0.4) is 0 Å². The van der Waals surface area contributed by atoms with E-state index in [2.05, 4.69) is 11.4 Å². The van der Waals surface area contributed by atoms with Crippen LogP contribution in [0.4, 0.5) is 4.79 Å². The molecule has 0 unspecified atom stereocenters. The molecule has 5 heteroatoms. The van der Waals surface area contributed by atoms with Crippen molar-refractivity contribution < 1.29 is 9.59 Å². The Kier molecular flexibility index (Phi) is 3.54. The van der Waals surface area contributed by atoms with Crippen LogP contribution in [-0.2, 0) is 23.3 Å². The summed E-state index contributed by atoms with van der Waals surface area (Å²) in [4.78, 5) is 27.0. The van der Waals surface area contributed by atoms with Crippen molar-refractivity contribution in [3.63, 3.8) is 0 Å². The fourth-order valence-corrected chi connectivity index (χ4v) is 3.82. The number of nitrogens with one attached hydrogen (secondary N) is 1. The summed E-state index contributed by atoms with van der Waals surface area (Å²) in [6.45, 7) is 0.209. The lowest BCUT2D eigenvalue weighted by Gasteiger charge is -2.33. The number of carbonyl (C=O) groups is 2. The molecule has 3 amide bonds. The van der Waals surface area contributed by atoms with Crippen molar-refractivity contribution in [3.8, 4) is 6.07 Å². The zero-order chi connectivity index (χ0) is 17.4. The Balaban J connectivity index is 1.66. The number of urea groups is 1. The Labute approximate surface area is 145 Å². The SMILES string of the molecule is N#Cc1ccc(CN2C(=O)N[C@]3(CCCc4ccccc43)C2=O)cc1. The van der Waals surface area contributed by atoms with Gasteiger partial charge in [-0.1, -0.05) is 36.4 Å². The van der Waals surface area contributed by atoms with Gasteiger partial charge in [0.2, 0.25) is 0 Å². The highest BCUT2D eigenvalue weighted by molar-refractivity contribution is 6.07. The van der Waals surface area contributed by atoms with Crippen LogP contribution in [0.1, 0.15) is 35.1 Å². The molecule has 2 aromatic carbocycles. The summed E-state index contributed by atoms with van der Waals surface area (Å²) >= 11 is 0. The summed E-state index contributed by atoms with van der Waals surface area (Å²) in [6.07, 6.45) is 2.42. The fourth-order valence-electron chi connectivity index (χ4n) is 3.82. The third-order valence-corrected chi connectivity index (χ3v) is 5.07. The number of rotatable bonds is 2. The highest BCUT2D eigenvalue weighted by atomic mass is 16.2. The molecule has 1 spiro atoms. The van der Waals surface area contributed by atoms with Crippen LogP contribution >= 0.6 is 0 Å². The average molecular weight is 331 g/mol. The number of nitrogens with zero attached hydrogens (tertiary/aromatic N) is 2. The number of imide groups is 1. The Morgan fingerprint density at radius 3 is 2.64 bits per heavy atom. The molecule has 5 nitrogen and oxygen atoms in total. The highest BCUT2D eigenvalue weighted by Gasteiger charge is 2.53. The number of hydrogen-bond acceptors (Lipinski definition) is 3. The monoisotopic (exact) mass is 331 g/mol. The number of fused-ring (bicyclic) bond motifs is 2. The summed E-state index contributed by atoms with van der Waals surface area (Å²) in [5.41, 5.74) is 2.49. The molecule has 1 fully saturated rings. The second-order valence-electron chi connectivity index (χ2n) is 6.55. The number of hydrogen-bond donors (Lipinski definition) is 1. The van der Waals surface area contributed by atoms with Crippen molar-refractivity contribution in [3.05, 3.63) is 70.8 Å². The minimum atomic E-state index is -0.932. The third kappa shape index (κ3) is 2.38. The summed E-state index contributed by atoms with van der Waals surface area (Å²) in [5.74, 6) is -0.186. The predicted octanol–water partition coefficient (Wildman–Crippen LogP) is 2.84. The minimum Gasteiger partial charge on any atom is -0.319 e. The molecular weight excluding hydrogens is 314 g/mol. The maximum atomic E-state index is 13.2. The van der Waals surface area contributed by atoms with Crippen LogP contribution in [0.25, 0.3) is 0 Å². The van der Waals surface area contributed by atoms with Gasteiger partial charge in [-0.3, -0.25) is 9.69 Å². The van der Waals surface area contributed by atoms with Crippen LogP contribution in [-0.4, -0.2) is 16.8 Å². The molecule has 1 N–H and O–H groups in total. The Bertz CT molecular complexity index is 898. The Hall–Kier alpha value is -3.13. The molecule has 1 aliphatic heterocycles. The van der Waals surface area contributed by atoms with Crippen molar-refractivity contribution in [1.29, 1.82) is 5.26 Å². The van der Waals surface area contributed by atoms with Crippen molar-refractivity contribution in [1.82, 2.24) is 10.2 Å². The first-order valence-corrected chi connectivity index (χ1v) is 8.35. The van der Waals surface area contributed by atoms with E-state index < -0.39 is 5.54 Å². The van der Waals surface area contributed by atoms with Crippen LogP contribution in [0.2, 0.25) is 0 Å². The van der Waals surface area contributed by atoms with Gasteiger partial charge in [-0.2, -0.15) is 5.26 Å². The third-order valence-electron chi connectivity index (χ3n) is 5.07. The van der Waals surface area contributed by atoms with Gasteiger partial charge < -0.3 is 5.32 Å². The molecule has 1 heterocycles. The maximum Gasteiger partial charge on any atom is 0.325 e. The first kappa shape index (κ1) is 15.4. The van der Waals surface area contributed by atoms with Crippen molar-refractivity contribution in [2.75, 3.05) is 0 Å². The molecule has 1 aliphatic carbocycles. The molecule has 2 aromatic rings. The lowest BCUT2D eigenvalue weighted by molar-refractivity contribution is -0.132. The quantitative estimate of drug-likeness (QED) is 0.860. The van der Waals surface area contributed by atoms with Gasteiger partial charge in [-0.05, 0) is 48.1 Å². The normalized spacial score (nSPS) is 21.8. The van der Waals surface area contributed by atoms with E-state index in [0.29, 0.717) is 12.0 Å². The van der Waals surface area contributed by atoms with E-state index in [1.165, 1.54) is 4.90 Å². The molecule has 0 bridgehead atoms. The number of aryl methyl sites for hydroxylation is 1. The number of carbonyl (C=O) groups excluding carboxylic acids is 2. The van der Waals surface area contributed by atoms with E-state index in [0.717, 1.165) is 29.5 Å². The molecular formula is C20H17N3O2. The maximum absolute atomic E-state index is 13.2. The molecule has 0 saturated carbocycles. The number of nitriles is 1. The molecule has 25 heavy (non-hydrogen) atoms. The number of benzene rings is 2. The fraction of sp³-hybridized carbons (Fsp3) is 0.250. The van der Waals surface area contributed by atoms with Gasteiger partial charge in [0.05, 0.1) is 18.2 Å². The van der Waals surface area contributed by atoms with Crippen LogP contribution in [0.15, 0.2) is 48.5 Å². The summed E-state index contributed by atoms with van der Waals surface area (Å²) in [6, 6.07) is 16.5. The molecule has 2 aliphatic rings. The van der Waals surface area contributed by atoms with Gasteiger partial charge in [0, 0.05) is 0 Å². The second-order valence-corrected chi connectivity index (χ2v) is 6.55. The molecule has 0 radical (unpaired) electrons. The Morgan fingerprint density at radius 2 is 1.88 bits per heavy atom. The van der Waals surface area contributed by atoms with Crippen LogP contribution in [0.5, 0.6) is 0 Å². The molecule has 1 atom stereocenters. The molecule has 0 aromatic heterocycles. The van der Waals surface area contributed by atoms with Crippen LogP contribution in [0, 0.1) is 11.3 Å². The van der Waals surface area contributed by atoms with E-state index in [1.807, 2.05) is 24.3 Å².